The number of aldehydes is 1. The molecule has 29 heavy (non-hydrogen) atoms. The molecule has 1 fully saturated rings. The summed E-state index contributed by atoms with van der Waals surface area (Å²) in [6.07, 6.45) is 3.64. The summed E-state index contributed by atoms with van der Waals surface area (Å²) in [5, 5.41) is 9.95. The summed E-state index contributed by atoms with van der Waals surface area (Å²) in [4.78, 5) is 17.4. The summed E-state index contributed by atoms with van der Waals surface area (Å²) >= 11 is 0. The number of anilines is 1. The second-order valence-electron chi connectivity index (χ2n) is 7.39. The highest BCUT2D eigenvalue weighted by molar-refractivity contribution is 5.77. The van der Waals surface area contributed by atoms with Crippen molar-refractivity contribution in [2.45, 2.75) is 26.1 Å². The Hall–Kier alpha value is -3.18. The average Bonchev–Trinajstić information content (AvgIpc) is 3.23. The first kappa shape index (κ1) is 19.2. The standard InChI is InChI=1S/C24H24N2O3/c1-17-2-9-24(25-13-17)29-22-10-11-26(14-22)23-8-7-20(12-21(23)16-28)19-5-3-18(15-27)4-6-19/h2-9,12-13,15,22,28H,10-11,14,16H2,1H3/t22-/m0/s1. The Morgan fingerprint density at radius 1 is 1.14 bits per heavy atom. The van der Waals surface area contributed by atoms with E-state index in [4.69, 9.17) is 4.74 Å². The van der Waals surface area contributed by atoms with Gasteiger partial charge in [0.25, 0.3) is 0 Å². The minimum absolute atomic E-state index is 0.0306. The van der Waals surface area contributed by atoms with E-state index in [-0.39, 0.29) is 12.7 Å². The van der Waals surface area contributed by atoms with Crippen LogP contribution in [0.15, 0.2) is 60.8 Å². The maximum Gasteiger partial charge on any atom is 0.213 e. The molecule has 1 aliphatic heterocycles. The summed E-state index contributed by atoms with van der Waals surface area (Å²) < 4.78 is 6.03. The van der Waals surface area contributed by atoms with Crippen LogP contribution in [-0.4, -0.2) is 35.6 Å². The van der Waals surface area contributed by atoms with Crippen LogP contribution in [0.3, 0.4) is 0 Å². The number of benzene rings is 2. The van der Waals surface area contributed by atoms with Gasteiger partial charge in [0.05, 0.1) is 13.2 Å². The smallest absolute Gasteiger partial charge is 0.213 e. The van der Waals surface area contributed by atoms with Crippen molar-refractivity contribution in [1.82, 2.24) is 4.98 Å². The molecule has 0 unspecified atom stereocenters. The molecule has 5 heteroatoms. The van der Waals surface area contributed by atoms with E-state index >= 15 is 0 Å². The van der Waals surface area contributed by atoms with Crippen LogP contribution in [0.1, 0.15) is 27.9 Å². The summed E-state index contributed by atoms with van der Waals surface area (Å²) in [6, 6.07) is 17.5. The van der Waals surface area contributed by atoms with Crippen molar-refractivity contribution in [1.29, 1.82) is 0 Å². The van der Waals surface area contributed by atoms with Gasteiger partial charge in [0, 0.05) is 42.0 Å². The SMILES string of the molecule is Cc1ccc(O[C@H]2CCN(c3ccc(-c4ccc(C=O)cc4)cc3CO)C2)nc1. The van der Waals surface area contributed by atoms with Gasteiger partial charge in [0.15, 0.2) is 0 Å². The molecular formula is C24H24N2O3. The molecule has 4 rings (SSSR count). The van der Waals surface area contributed by atoms with Gasteiger partial charge in [-0.05, 0) is 35.7 Å². The fraction of sp³-hybridized carbons (Fsp3) is 0.250. The van der Waals surface area contributed by atoms with Crippen LogP contribution in [-0.2, 0) is 6.61 Å². The molecule has 1 atom stereocenters. The van der Waals surface area contributed by atoms with Crippen molar-refractivity contribution >= 4 is 12.0 Å². The molecule has 1 aliphatic rings. The molecule has 1 aromatic heterocycles. The topological polar surface area (TPSA) is 62.7 Å². The lowest BCUT2D eigenvalue weighted by molar-refractivity contribution is 0.112. The monoisotopic (exact) mass is 388 g/mol. The molecule has 0 radical (unpaired) electrons. The molecule has 3 aromatic rings. The number of hydrogen-bond acceptors (Lipinski definition) is 5. The van der Waals surface area contributed by atoms with Gasteiger partial charge in [-0.2, -0.15) is 0 Å². The lowest BCUT2D eigenvalue weighted by atomic mass is 10.0. The Kier molecular flexibility index (Phi) is 5.58. The zero-order chi connectivity index (χ0) is 20.2. The molecule has 0 spiro atoms. The largest absolute Gasteiger partial charge is 0.472 e. The fourth-order valence-corrected chi connectivity index (χ4v) is 3.69. The van der Waals surface area contributed by atoms with E-state index in [1.807, 2.05) is 43.5 Å². The molecule has 0 saturated carbocycles. The first-order chi connectivity index (χ1) is 14.2. The van der Waals surface area contributed by atoms with E-state index in [0.717, 1.165) is 53.7 Å². The predicted molar refractivity (Wildman–Crippen MR) is 113 cm³/mol. The van der Waals surface area contributed by atoms with E-state index in [0.29, 0.717) is 11.4 Å². The molecule has 0 aliphatic carbocycles. The van der Waals surface area contributed by atoms with Gasteiger partial charge in [-0.1, -0.05) is 36.4 Å². The third-order valence-corrected chi connectivity index (χ3v) is 5.29. The predicted octanol–water partition coefficient (Wildman–Crippen LogP) is 4.02. The van der Waals surface area contributed by atoms with Crippen LogP contribution in [0.4, 0.5) is 5.69 Å². The number of carbonyl (C=O) groups excluding carboxylic acids is 1. The van der Waals surface area contributed by atoms with Gasteiger partial charge in [-0.25, -0.2) is 4.98 Å². The minimum atomic E-state index is -0.0306. The van der Waals surface area contributed by atoms with Crippen LogP contribution >= 0.6 is 0 Å². The average molecular weight is 388 g/mol. The van der Waals surface area contributed by atoms with Gasteiger partial charge < -0.3 is 14.7 Å². The van der Waals surface area contributed by atoms with Gasteiger partial charge in [0.1, 0.15) is 12.4 Å². The summed E-state index contributed by atoms with van der Waals surface area (Å²) in [5.74, 6) is 0.652. The number of hydrogen-bond donors (Lipinski definition) is 1. The molecule has 1 saturated heterocycles. The van der Waals surface area contributed by atoms with Gasteiger partial charge in [0.2, 0.25) is 5.88 Å². The number of pyridine rings is 1. The Balaban J connectivity index is 1.49. The lowest BCUT2D eigenvalue weighted by Crippen LogP contribution is -2.25. The number of aryl methyl sites for hydroxylation is 1. The van der Waals surface area contributed by atoms with E-state index in [9.17, 15) is 9.90 Å². The first-order valence-electron chi connectivity index (χ1n) is 9.80. The van der Waals surface area contributed by atoms with Crippen LogP contribution in [0.25, 0.3) is 11.1 Å². The van der Waals surface area contributed by atoms with Crippen LogP contribution in [0.5, 0.6) is 5.88 Å². The Labute approximate surface area is 170 Å². The van der Waals surface area contributed by atoms with Gasteiger partial charge >= 0.3 is 0 Å². The van der Waals surface area contributed by atoms with E-state index in [2.05, 4.69) is 22.0 Å². The molecule has 2 aromatic carbocycles. The molecule has 5 nitrogen and oxygen atoms in total. The van der Waals surface area contributed by atoms with E-state index in [1.165, 1.54) is 0 Å². The number of nitrogens with zero attached hydrogens (tertiary/aromatic N) is 2. The molecule has 0 amide bonds. The third-order valence-electron chi connectivity index (χ3n) is 5.29. The van der Waals surface area contributed by atoms with Crippen LogP contribution < -0.4 is 9.64 Å². The van der Waals surface area contributed by atoms with E-state index < -0.39 is 0 Å². The van der Waals surface area contributed by atoms with Crippen LogP contribution in [0.2, 0.25) is 0 Å². The Morgan fingerprint density at radius 3 is 2.62 bits per heavy atom. The van der Waals surface area contributed by atoms with Crippen molar-refractivity contribution in [2.75, 3.05) is 18.0 Å². The third kappa shape index (κ3) is 4.30. The minimum Gasteiger partial charge on any atom is -0.472 e. The maximum absolute atomic E-state index is 10.9. The van der Waals surface area contributed by atoms with Crippen molar-refractivity contribution in [3.8, 4) is 17.0 Å². The first-order valence-corrected chi connectivity index (χ1v) is 9.80. The summed E-state index contributed by atoms with van der Waals surface area (Å²) in [6.45, 7) is 3.61. The zero-order valence-electron chi connectivity index (χ0n) is 16.4. The highest BCUT2D eigenvalue weighted by Crippen LogP contribution is 2.31. The number of ether oxygens (including phenoxy) is 1. The molecule has 1 N–H and O–H groups in total. The fourth-order valence-electron chi connectivity index (χ4n) is 3.69. The van der Waals surface area contributed by atoms with Crippen molar-refractivity contribution < 1.29 is 14.6 Å². The highest BCUT2D eigenvalue weighted by atomic mass is 16.5. The number of aromatic nitrogens is 1. The lowest BCUT2D eigenvalue weighted by Gasteiger charge is -2.22. The highest BCUT2D eigenvalue weighted by Gasteiger charge is 2.26. The van der Waals surface area contributed by atoms with Crippen molar-refractivity contribution in [3.05, 3.63) is 77.5 Å². The van der Waals surface area contributed by atoms with Gasteiger partial charge in [-0.3, -0.25) is 4.79 Å². The number of aliphatic hydroxyl groups is 1. The molecular weight excluding hydrogens is 364 g/mol. The Bertz CT molecular complexity index is 984. The van der Waals surface area contributed by atoms with Crippen molar-refractivity contribution in [2.24, 2.45) is 0 Å². The summed E-state index contributed by atoms with van der Waals surface area (Å²) in [5.41, 5.74) is 5.72. The Morgan fingerprint density at radius 2 is 1.93 bits per heavy atom. The van der Waals surface area contributed by atoms with Crippen LogP contribution in [0, 0.1) is 6.92 Å². The normalized spacial score (nSPS) is 16.1. The second-order valence-corrected chi connectivity index (χ2v) is 7.39. The second kappa shape index (κ2) is 8.45. The molecule has 2 heterocycles. The number of aliphatic hydroxyl groups excluding tert-OH is 1. The quantitative estimate of drug-likeness (QED) is 0.646. The summed E-state index contributed by atoms with van der Waals surface area (Å²) in [7, 11) is 0. The van der Waals surface area contributed by atoms with Gasteiger partial charge in [-0.15, -0.1) is 0 Å². The zero-order valence-corrected chi connectivity index (χ0v) is 16.4. The molecule has 0 bridgehead atoms. The van der Waals surface area contributed by atoms with Crippen molar-refractivity contribution in [3.63, 3.8) is 0 Å². The number of carbonyl (C=O) groups is 1. The van der Waals surface area contributed by atoms with E-state index in [1.54, 1.807) is 12.1 Å². The molecule has 148 valence electrons. The maximum atomic E-state index is 10.9. The number of rotatable bonds is 6.